The van der Waals surface area contributed by atoms with Crippen molar-refractivity contribution in [2.45, 2.75) is 13.1 Å². The van der Waals surface area contributed by atoms with Gasteiger partial charge in [0.2, 0.25) is 0 Å². The van der Waals surface area contributed by atoms with E-state index in [1.165, 1.54) is 17.6 Å². The molecule has 0 atom stereocenters. The van der Waals surface area contributed by atoms with Crippen molar-refractivity contribution >= 4 is 33.8 Å². The molecule has 0 saturated carbocycles. The predicted molar refractivity (Wildman–Crippen MR) is 104 cm³/mol. The van der Waals surface area contributed by atoms with Crippen LogP contribution in [-0.4, -0.2) is 13.5 Å². The highest BCUT2D eigenvalue weighted by atomic mass is 32.1. The Labute approximate surface area is 164 Å². The van der Waals surface area contributed by atoms with Crippen LogP contribution in [0.1, 0.15) is 10.6 Å². The Morgan fingerprint density at radius 1 is 1.07 bits per heavy atom. The SMILES string of the molecule is Cc1ccc(-c2snc3ccc(-n4c(=O)cc(C(F)(F)F)n(C)c4=O)cc23)s1. The molecule has 0 bridgehead atoms. The number of thiophene rings is 1. The number of rotatable bonds is 2. The number of fused-ring (bicyclic) bond motifs is 1. The normalized spacial score (nSPS) is 12.0. The predicted octanol–water partition coefficient (Wildman–Crippen LogP) is 4.20. The Balaban J connectivity index is 1.95. The first-order valence-corrected chi connectivity index (χ1v) is 9.62. The molecule has 3 aromatic heterocycles. The van der Waals surface area contributed by atoms with E-state index in [0.29, 0.717) is 16.2 Å². The van der Waals surface area contributed by atoms with E-state index >= 15 is 0 Å². The highest BCUT2D eigenvalue weighted by molar-refractivity contribution is 7.20. The lowest BCUT2D eigenvalue weighted by Gasteiger charge is -2.14. The Kier molecular flexibility index (Phi) is 4.27. The second-order valence-corrected chi connectivity index (χ2v) is 8.23. The van der Waals surface area contributed by atoms with Gasteiger partial charge in [-0.1, -0.05) is 0 Å². The summed E-state index contributed by atoms with van der Waals surface area (Å²) in [6.07, 6.45) is -4.79. The maximum absolute atomic E-state index is 13.0. The number of alkyl halides is 3. The number of hydrogen-bond acceptors (Lipinski definition) is 5. The zero-order chi connectivity index (χ0) is 20.2. The average molecular weight is 423 g/mol. The van der Waals surface area contributed by atoms with Crippen molar-refractivity contribution in [1.29, 1.82) is 0 Å². The lowest BCUT2D eigenvalue weighted by molar-refractivity contribution is -0.144. The van der Waals surface area contributed by atoms with Gasteiger partial charge in [-0.2, -0.15) is 17.5 Å². The molecule has 5 nitrogen and oxygen atoms in total. The smallest absolute Gasteiger partial charge is 0.292 e. The van der Waals surface area contributed by atoms with Gasteiger partial charge in [0.15, 0.2) is 0 Å². The van der Waals surface area contributed by atoms with Gasteiger partial charge < -0.3 is 0 Å². The van der Waals surface area contributed by atoms with E-state index in [4.69, 9.17) is 0 Å². The second kappa shape index (κ2) is 6.42. The average Bonchev–Trinajstić information content (AvgIpc) is 3.22. The number of aryl methyl sites for hydroxylation is 1. The first-order chi connectivity index (χ1) is 13.2. The van der Waals surface area contributed by atoms with Crippen LogP contribution in [0.25, 0.3) is 26.3 Å². The molecule has 0 amide bonds. The molecule has 0 aliphatic rings. The molecule has 1 aromatic carbocycles. The van der Waals surface area contributed by atoms with E-state index < -0.39 is 23.1 Å². The van der Waals surface area contributed by atoms with Crippen LogP contribution in [0.15, 0.2) is 46.0 Å². The molecule has 0 radical (unpaired) electrons. The van der Waals surface area contributed by atoms with Crippen molar-refractivity contribution in [3.63, 3.8) is 0 Å². The molecule has 4 aromatic rings. The van der Waals surface area contributed by atoms with Gasteiger partial charge in [-0.15, -0.1) is 11.3 Å². The van der Waals surface area contributed by atoms with Crippen molar-refractivity contribution in [2.24, 2.45) is 7.05 Å². The van der Waals surface area contributed by atoms with Crippen LogP contribution in [0.5, 0.6) is 0 Å². The lowest BCUT2D eigenvalue weighted by Crippen LogP contribution is -2.40. The maximum atomic E-state index is 13.0. The van der Waals surface area contributed by atoms with Gasteiger partial charge in [0.25, 0.3) is 5.56 Å². The molecule has 0 fully saturated rings. The maximum Gasteiger partial charge on any atom is 0.431 e. The molecule has 0 aliphatic carbocycles. The van der Waals surface area contributed by atoms with Crippen molar-refractivity contribution < 1.29 is 13.2 Å². The van der Waals surface area contributed by atoms with Crippen molar-refractivity contribution in [3.05, 3.63) is 67.8 Å². The molecule has 144 valence electrons. The summed E-state index contributed by atoms with van der Waals surface area (Å²) in [4.78, 5) is 27.8. The first-order valence-electron chi connectivity index (χ1n) is 8.04. The van der Waals surface area contributed by atoms with E-state index in [1.807, 2.05) is 19.1 Å². The van der Waals surface area contributed by atoms with Crippen molar-refractivity contribution in [3.8, 4) is 15.4 Å². The van der Waals surface area contributed by atoms with E-state index in [2.05, 4.69) is 4.37 Å². The van der Waals surface area contributed by atoms with Crippen LogP contribution >= 0.6 is 22.9 Å². The van der Waals surface area contributed by atoms with Crippen LogP contribution in [0.3, 0.4) is 0 Å². The minimum atomic E-state index is -4.79. The fourth-order valence-electron chi connectivity index (χ4n) is 2.94. The Hall–Kier alpha value is -2.72. The summed E-state index contributed by atoms with van der Waals surface area (Å²) in [6, 6.07) is 9.13. The fourth-order valence-corrected chi connectivity index (χ4v) is 4.77. The van der Waals surface area contributed by atoms with Crippen molar-refractivity contribution in [2.75, 3.05) is 0 Å². The summed E-state index contributed by atoms with van der Waals surface area (Å²) in [6.45, 7) is 1.98. The van der Waals surface area contributed by atoms with E-state index in [9.17, 15) is 22.8 Å². The van der Waals surface area contributed by atoms with E-state index in [0.717, 1.165) is 31.6 Å². The quantitative estimate of drug-likeness (QED) is 0.486. The Morgan fingerprint density at radius 2 is 1.82 bits per heavy atom. The van der Waals surface area contributed by atoms with Crippen LogP contribution in [0, 0.1) is 6.92 Å². The van der Waals surface area contributed by atoms with E-state index in [-0.39, 0.29) is 5.69 Å². The third-order valence-electron chi connectivity index (χ3n) is 4.29. The molecular formula is C18H12F3N3O2S2. The lowest BCUT2D eigenvalue weighted by atomic mass is 10.2. The summed E-state index contributed by atoms with van der Waals surface area (Å²) >= 11 is 2.88. The molecule has 4 rings (SSSR count). The highest BCUT2D eigenvalue weighted by Crippen LogP contribution is 2.37. The van der Waals surface area contributed by atoms with Gasteiger partial charge in [-0.25, -0.2) is 9.36 Å². The van der Waals surface area contributed by atoms with Crippen LogP contribution in [0.2, 0.25) is 0 Å². The topological polar surface area (TPSA) is 56.9 Å². The number of benzene rings is 1. The number of aromatic nitrogens is 3. The molecule has 0 unspecified atom stereocenters. The monoisotopic (exact) mass is 423 g/mol. The highest BCUT2D eigenvalue weighted by Gasteiger charge is 2.35. The summed E-state index contributed by atoms with van der Waals surface area (Å²) in [5, 5.41) is 0.734. The van der Waals surface area contributed by atoms with Gasteiger partial charge in [-0.05, 0) is 48.8 Å². The standard InChI is InChI=1S/C18H12F3N3O2S2/c1-9-3-6-13(27-9)16-11-7-10(4-5-12(11)22-28-16)24-15(25)8-14(18(19,20)21)23(2)17(24)26/h3-8H,1-2H3. The third kappa shape index (κ3) is 2.98. The molecular weight excluding hydrogens is 411 g/mol. The third-order valence-corrected chi connectivity index (χ3v) is 6.35. The van der Waals surface area contributed by atoms with Crippen LogP contribution in [0.4, 0.5) is 13.2 Å². The molecule has 0 saturated heterocycles. The molecule has 3 heterocycles. The molecule has 10 heteroatoms. The summed E-state index contributed by atoms with van der Waals surface area (Å²) in [7, 11) is 0.992. The van der Waals surface area contributed by atoms with Crippen molar-refractivity contribution in [1.82, 2.24) is 13.5 Å². The largest absolute Gasteiger partial charge is 0.431 e. The Morgan fingerprint density at radius 3 is 2.46 bits per heavy atom. The minimum absolute atomic E-state index is 0.196. The minimum Gasteiger partial charge on any atom is -0.292 e. The summed E-state index contributed by atoms with van der Waals surface area (Å²) < 4.78 is 44.7. The van der Waals surface area contributed by atoms with E-state index in [1.54, 1.807) is 23.5 Å². The van der Waals surface area contributed by atoms with Gasteiger partial charge in [0.05, 0.1) is 16.1 Å². The Bertz CT molecular complexity index is 1330. The number of halogens is 3. The molecule has 28 heavy (non-hydrogen) atoms. The second-order valence-electron chi connectivity index (χ2n) is 6.17. The zero-order valence-electron chi connectivity index (χ0n) is 14.6. The molecule has 0 spiro atoms. The van der Waals surface area contributed by atoms with Gasteiger partial charge in [0, 0.05) is 28.3 Å². The van der Waals surface area contributed by atoms with Gasteiger partial charge >= 0.3 is 11.9 Å². The zero-order valence-corrected chi connectivity index (χ0v) is 16.2. The molecule has 0 N–H and O–H groups in total. The van der Waals surface area contributed by atoms with Crippen LogP contribution in [-0.2, 0) is 13.2 Å². The fraction of sp³-hybridized carbons (Fsp3) is 0.167. The number of hydrogen-bond donors (Lipinski definition) is 0. The summed E-state index contributed by atoms with van der Waals surface area (Å²) in [5.41, 5.74) is -2.50. The summed E-state index contributed by atoms with van der Waals surface area (Å²) in [5.74, 6) is 0. The molecule has 0 aliphatic heterocycles. The number of nitrogens with zero attached hydrogens (tertiary/aromatic N) is 3. The first kappa shape index (κ1) is 18.6. The van der Waals surface area contributed by atoms with Crippen LogP contribution < -0.4 is 11.2 Å². The van der Waals surface area contributed by atoms with Gasteiger partial charge in [-0.3, -0.25) is 9.36 Å². The van der Waals surface area contributed by atoms with Gasteiger partial charge in [0.1, 0.15) is 5.69 Å².